The standard InChI is InChI=1S/C18H11F3N6O/c19-18(20,21)12-7-24-16(25-8-12)26-10-13(5-22)27(17(26)28)15-9-23-6-11-3-1-2-4-14(11)15/h1-4,6-9,13H,10H2/t13-/m1/s1. The lowest BCUT2D eigenvalue weighted by molar-refractivity contribution is -0.138. The molecule has 1 fully saturated rings. The van der Waals surface area contributed by atoms with Crippen molar-refractivity contribution in [3.63, 3.8) is 0 Å². The van der Waals surface area contributed by atoms with Gasteiger partial charge in [-0.25, -0.2) is 14.8 Å². The van der Waals surface area contributed by atoms with Crippen molar-refractivity contribution in [3.8, 4) is 6.07 Å². The normalized spacial score (nSPS) is 17.2. The lowest BCUT2D eigenvalue weighted by atomic mass is 10.1. The molecule has 7 nitrogen and oxygen atoms in total. The number of carbonyl (C=O) groups excluding carboxylic acids is 1. The minimum Gasteiger partial charge on any atom is -0.273 e. The summed E-state index contributed by atoms with van der Waals surface area (Å²) < 4.78 is 38.1. The molecule has 0 aliphatic carbocycles. The van der Waals surface area contributed by atoms with Crippen molar-refractivity contribution in [1.82, 2.24) is 15.0 Å². The summed E-state index contributed by atoms with van der Waals surface area (Å²) in [5.41, 5.74) is -0.584. The van der Waals surface area contributed by atoms with Crippen LogP contribution in [0.1, 0.15) is 5.56 Å². The Morgan fingerprint density at radius 2 is 1.82 bits per heavy atom. The van der Waals surface area contributed by atoms with Gasteiger partial charge in [0.25, 0.3) is 0 Å². The van der Waals surface area contributed by atoms with Crippen LogP contribution in [0.4, 0.5) is 29.6 Å². The Hall–Kier alpha value is -3.74. The molecular weight excluding hydrogens is 373 g/mol. The quantitative estimate of drug-likeness (QED) is 0.676. The number of hydrogen-bond acceptors (Lipinski definition) is 5. The molecular formula is C18H11F3N6O. The molecule has 10 heteroatoms. The monoisotopic (exact) mass is 384 g/mol. The number of anilines is 2. The Balaban J connectivity index is 1.73. The summed E-state index contributed by atoms with van der Waals surface area (Å²) in [6.07, 6.45) is -0.249. The van der Waals surface area contributed by atoms with Crippen LogP contribution in [0.25, 0.3) is 10.8 Å². The van der Waals surface area contributed by atoms with E-state index in [1.54, 1.807) is 18.3 Å². The van der Waals surface area contributed by atoms with Crippen LogP contribution in [0.15, 0.2) is 49.1 Å². The first kappa shape index (κ1) is 17.7. The highest BCUT2D eigenvalue weighted by molar-refractivity contribution is 6.11. The highest BCUT2D eigenvalue weighted by Crippen LogP contribution is 2.33. The Morgan fingerprint density at radius 3 is 2.50 bits per heavy atom. The highest BCUT2D eigenvalue weighted by atomic mass is 19.4. The van der Waals surface area contributed by atoms with Crippen molar-refractivity contribution >= 4 is 28.4 Å². The summed E-state index contributed by atoms with van der Waals surface area (Å²) in [5, 5.41) is 11.0. The van der Waals surface area contributed by atoms with Gasteiger partial charge in [0.05, 0.1) is 30.1 Å². The second-order valence-electron chi connectivity index (χ2n) is 6.06. The van der Waals surface area contributed by atoms with Crippen molar-refractivity contribution in [1.29, 1.82) is 5.26 Å². The van der Waals surface area contributed by atoms with Gasteiger partial charge in [-0.15, -0.1) is 0 Å². The number of aromatic nitrogens is 3. The number of amides is 2. The van der Waals surface area contributed by atoms with Crippen LogP contribution in [-0.2, 0) is 6.18 Å². The van der Waals surface area contributed by atoms with Gasteiger partial charge in [-0.2, -0.15) is 18.4 Å². The van der Waals surface area contributed by atoms with Crippen LogP contribution in [0.2, 0.25) is 0 Å². The largest absolute Gasteiger partial charge is 0.419 e. The second-order valence-corrected chi connectivity index (χ2v) is 6.06. The molecule has 2 aromatic heterocycles. The van der Waals surface area contributed by atoms with Gasteiger partial charge in [-0.1, -0.05) is 24.3 Å². The van der Waals surface area contributed by atoms with E-state index in [9.17, 15) is 23.2 Å². The topological polar surface area (TPSA) is 86.0 Å². The molecule has 0 bridgehead atoms. The predicted octanol–water partition coefficient (Wildman–Crippen LogP) is 3.38. The van der Waals surface area contributed by atoms with E-state index in [1.807, 2.05) is 18.2 Å². The van der Waals surface area contributed by atoms with E-state index in [4.69, 9.17) is 0 Å². The number of carbonyl (C=O) groups is 1. The number of hydrogen-bond donors (Lipinski definition) is 0. The number of alkyl halides is 3. The maximum atomic E-state index is 13.0. The SMILES string of the molecule is N#C[C@@H]1CN(c2ncc(C(F)(F)F)cn2)C(=O)N1c1cncc2ccccc12. The van der Waals surface area contributed by atoms with Crippen molar-refractivity contribution in [2.45, 2.75) is 12.2 Å². The smallest absolute Gasteiger partial charge is 0.273 e. The molecule has 0 N–H and O–H groups in total. The number of nitriles is 1. The van der Waals surface area contributed by atoms with E-state index in [2.05, 4.69) is 15.0 Å². The van der Waals surface area contributed by atoms with Gasteiger partial charge in [0.1, 0.15) is 6.04 Å². The molecule has 0 unspecified atom stereocenters. The van der Waals surface area contributed by atoms with Gasteiger partial charge in [0, 0.05) is 29.4 Å². The van der Waals surface area contributed by atoms with Gasteiger partial charge in [0.2, 0.25) is 5.95 Å². The zero-order valence-electron chi connectivity index (χ0n) is 14.1. The third kappa shape index (κ3) is 2.87. The van der Waals surface area contributed by atoms with Crippen molar-refractivity contribution < 1.29 is 18.0 Å². The van der Waals surface area contributed by atoms with E-state index in [1.165, 1.54) is 11.1 Å². The van der Waals surface area contributed by atoms with Gasteiger partial charge in [0.15, 0.2) is 0 Å². The summed E-state index contributed by atoms with van der Waals surface area (Å²) in [6.45, 7) is -0.0794. The number of benzene rings is 1. The Morgan fingerprint density at radius 1 is 1.11 bits per heavy atom. The maximum Gasteiger partial charge on any atom is 0.419 e. The fourth-order valence-electron chi connectivity index (χ4n) is 3.03. The van der Waals surface area contributed by atoms with Gasteiger partial charge in [-0.05, 0) is 0 Å². The number of urea groups is 1. The average molecular weight is 384 g/mol. The Kier molecular flexibility index (Phi) is 4.07. The van der Waals surface area contributed by atoms with Crippen LogP contribution in [0, 0.1) is 11.3 Å². The first-order valence-electron chi connectivity index (χ1n) is 8.12. The van der Waals surface area contributed by atoms with Crippen LogP contribution < -0.4 is 9.80 Å². The fraction of sp³-hybridized carbons (Fsp3) is 0.167. The minimum atomic E-state index is -4.58. The molecule has 1 aromatic carbocycles. The van der Waals surface area contributed by atoms with Crippen LogP contribution >= 0.6 is 0 Å². The van der Waals surface area contributed by atoms with Crippen molar-refractivity contribution in [2.75, 3.05) is 16.3 Å². The first-order chi connectivity index (χ1) is 13.4. The van der Waals surface area contributed by atoms with E-state index in [-0.39, 0.29) is 12.5 Å². The molecule has 0 radical (unpaired) electrons. The molecule has 140 valence electrons. The van der Waals surface area contributed by atoms with E-state index >= 15 is 0 Å². The molecule has 1 aliphatic rings. The molecule has 0 spiro atoms. The Bertz CT molecular complexity index is 1090. The highest BCUT2D eigenvalue weighted by Gasteiger charge is 2.41. The molecule has 3 heterocycles. The number of rotatable bonds is 2. The third-order valence-electron chi connectivity index (χ3n) is 4.37. The zero-order chi connectivity index (χ0) is 19.9. The Labute approximate surface area is 156 Å². The third-order valence-corrected chi connectivity index (χ3v) is 4.37. The van der Waals surface area contributed by atoms with E-state index < -0.39 is 23.8 Å². The summed E-state index contributed by atoms with van der Waals surface area (Å²) in [5.74, 6) is -0.200. The maximum absolute atomic E-state index is 13.0. The number of pyridine rings is 1. The van der Waals surface area contributed by atoms with Crippen molar-refractivity contribution in [3.05, 3.63) is 54.6 Å². The number of fused-ring (bicyclic) bond motifs is 1. The average Bonchev–Trinajstić information content (AvgIpc) is 3.03. The fourth-order valence-corrected chi connectivity index (χ4v) is 3.03. The molecule has 3 aromatic rings. The molecule has 28 heavy (non-hydrogen) atoms. The summed E-state index contributed by atoms with van der Waals surface area (Å²) in [6, 6.07) is 7.81. The molecule has 4 rings (SSSR count). The summed E-state index contributed by atoms with van der Waals surface area (Å²) >= 11 is 0. The second kappa shape index (κ2) is 6.45. The molecule has 1 aliphatic heterocycles. The molecule has 2 amide bonds. The number of halogens is 3. The van der Waals surface area contributed by atoms with Gasteiger partial charge in [-0.3, -0.25) is 14.8 Å². The lowest BCUT2D eigenvalue weighted by Gasteiger charge is -2.20. The van der Waals surface area contributed by atoms with Crippen molar-refractivity contribution in [2.24, 2.45) is 0 Å². The van der Waals surface area contributed by atoms with Gasteiger partial charge >= 0.3 is 12.2 Å². The number of nitrogens with zero attached hydrogens (tertiary/aromatic N) is 6. The first-order valence-corrected chi connectivity index (χ1v) is 8.12. The molecule has 1 saturated heterocycles. The molecule has 0 saturated carbocycles. The van der Waals surface area contributed by atoms with Crippen LogP contribution in [0.5, 0.6) is 0 Å². The molecule has 1 atom stereocenters. The summed E-state index contributed by atoms with van der Waals surface area (Å²) in [4.78, 5) is 26.7. The van der Waals surface area contributed by atoms with Crippen LogP contribution in [-0.4, -0.2) is 33.6 Å². The van der Waals surface area contributed by atoms with E-state index in [0.717, 1.165) is 15.7 Å². The lowest BCUT2D eigenvalue weighted by Crippen LogP contribution is -2.35. The van der Waals surface area contributed by atoms with E-state index in [0.29, 0.717) is 18.1 Å². The minimum absolute atomic E-state index is 0.0794. The predicted molar refractivity (Wildman–Crippen MR) is 93.4 cm³/mol. The van der Waals surface area contributed by atoms with Gasteiger partial charge < -0.3 is 0 Å². The summed E-state index contributed by atoms with van der Waals surface area (Å²) in [7, 11) is 0. The van der Waals surface area contributed by atoms with Crippen LogP contribution in [0.3, 0.4) is 0 Å². The zero-order valence-corrected chi connectivity index (χ0v) is 14.1.